The molecule has 0 aliphatic rings. The van der Waals surface area contributed by atoms with Gasteiger partial charge in [-0.05, 0) is 18.8 Å². The molecule has 98 valence electrons. The molecule has 0 saturated heterocycles. The molecule has 0 aliphatic carbocycles. The maximum Gasteiger partial charge on any atom is 0.378 e. The highest BCUT2D eigenvalue weighted by Gasteiger charge is 2.34. The Morgan fingerprint density at radius 3 is 2.29 bits per heavy atom. The first-order chi connectivity index (χ1) is 8.17. The molecule has 0 saturated carbocycles. The zero-order chi connectivity index (χ0) is 13.1. The lowest BCUT2D eigenvalue weighted by molar-refractivity contribution is 0.220. The number of nitrogens with zero attached hydrogens (tertiary/aromatic N) is 2. The summed E-state index contributed by atoms with van der Waals surface area (Å²) in [5.41, 5.74) is 1.92. The first kappa shape index (κ1) is 16.2. The van der Waals surface area contributed by atoms with Gasteiger partial charge in [0.2, 0.25) is 6.08 Å². The van der Waals surface area contributed by atoms with Crippen molar-refractivity contribution in [3.8, 4) is 0 Å². The third-order valence-electron chi connectivity index (χ3n) is 2.66. The number of isocyanates is 1. The largest absolute Gasteiger partial charge is 0.394 e. The maximum absolute atomic E-state index is 9.95. The van der Waals surface area contributed by atoms with Crippen LogP contribution in [0.3, 0.4) is 0 Å². The Balaban J connectivity index is 4.63. The van der Waals surface area contributed by atoms with Gasteiger partial charge in [-0.15, -0.1) is 0 Å². The van der Waals surface area contributed by atoms with E-state index in [4.69, 9.17) is 8.85 Å². The molecule has 0 radical (unpaired) electrons. The molecule has 0 N–H and O–H groups in total. The highest BCUT2D eigenvalue weighted by molar-refractivity contribution is 6.72. The van der Waals surface area contributed by atoms with E-state index in [1.54, 1.807) is 20.3 Å². The summed E-state index contributed by atoms with van der Waals surface area (Å²) in [6, 6.07) is 0. The van der Waals surface area contributed by atoms with E-state index in [2.05, 4.69) is 23.7 Å². The molecule has 0 unspecified atom stereocenters. The smallest absolute Gasteiger partial charge is 0.378 e. The lowest BCUT2D eigenvalue weighted by Crippen LogP contribution is -2.50. The van der Waals surface area contributed by atoms with Gasteiger partial charge < -0.3 is 13.8 Å². The lowest BCUT2D eigenvalue weighted by Gasteiger charge is -2.29. The number of carbonyl (C=O) groups excluding carboxylic acids is 1. The molecule has 0 fully saturated rings. The van der Waals surface area contributed by atoms with E-state index in [0.29, 0.717) is 6.54 Å². The van der Waals surface area contributed by atoms with Crippen molar-refractivity contribution in [1.29, 1.82) is 0 Å². The van der Waals surface area contributed by atoms with Gasteiger partial charge in [-0.3, -0.25) is 0 Å². The summed E-state index contributed by atoms with van der Waals surface area (Å²) in [6.45, 7) is 6.45. The van der Waals surface area contributed by atoms with Gasteiger partial charge in [-0.2, -0.15) is 0 Å². The predicted molar refractivity (Wildman–Crippen MR) is 69.7 cm³/mol. The molecule has 0 aliphatic heterocycles. The summed E-state index contributed by atoms with van der Waals surface area (Å²) < 4.78 is 11.1. The average Bonchev–Trinajstić information content (AvgIpc) is 2.39. The standard InChI is InChI=1S/C11H22N2O3Si/c1-5-13(6-2)11-17(15-3,16-4)9-7-8-12-10-14/h7,9H,5-6,8,11H2,1-4H3. The van der Waals surface area contributed by atoms with Gasteiger partial charge in [0.1, 0.15) is 0 Å². The topological polar surface area (TPSA) is 51.1 Å². The van der Waals surface area contributed by atoms with Gasteiger partial charge in [0.15, 0.2) is 0 Å². The molecule has 0 aromatic carbocycles. The minimum atomic E-state index is -2.34. The molecule has 0 amide bonds. The van der Waals surface area contributed by atoms with Crippen molar-refractivity contribution in [2.24, 2.45) is 4.99 Å². The van der Waals surface area contributed by atoms with Crippen molar-refractivity contribution in [3.05, 3.63) is 11.8 Å². The summed E-state index contributed by atoms with van der Waals surface area (Å²) in [4.78, 5) is 15.7. The fourth-order valence-corrected chi connectivity index (χ4v) is 3.82. The predicted octanol–water partition coefficient (Wildman–Crippen LogP) is 1.03. The molecule has 17 heavy (non-hydrogen) atoms. The third-order valence-corrected chi connectivity index (χ3v) is 5.68. The summed E-state index contributed by atoms with van der Waals surface area (Å²) in [7, 11) is 0.976. The molecule has 0 rings (SSSR count). The van der Waals surface area contributed by atoms with Gasteiger partial charge in [0, 0.05) is 20.4 Å². The van der Waals surface area contributed by atoms with Crippen molar-refractivity contribution in [1.82, 2.24) is 4.90 Å². The van der Waals surface area contributed by atoms with E-state index in [-0.39, 0.29) is 0 Å². The Kier molecular flexibility index (Phi) is 8.84. The molecular formula is C11H22N2O3Si. The van der Waals surface area contributed by atoms with Gasteiger partial charge in [0.05, 0.1) is 6.54 Å². The quantitative estimate of drug-likeness (QED) is 0.352. The summed E-state index contributed by atoms with van der Waals surface area (Å²) in [5.74, 6) is 0. The SMILES string of the molecule is CCN(CC)C[Si](C=CCN=C=O)(OC)OC. The van der Waals surface area contributed by atoms with Crippen LogP contribution in [0, 0.1) is 0 Å². The molecule has 0 atom stereocenters. The van der Waals surface area contributed by atoms with Gasteiger partial charge in [0.25, 0.3) is 0 Å². The van der Waals surface area contributed by atoms with Crippen LogP contribution in [-0.2, 0) is 13.6 Å². The van der Waals surface area contributed by atoms with Crippen molar-refractivity contribution >= 4 is 14.6 Å². The number of hydrogen-bond donors (Lipinski definition) is 0. The fraction of sp³-hybridized carbons (Fsp3) is 0.727. The number of hydrogen-bond acceptors (Lipinski definition) is 5. The summed E-state index contributed by atoms with van der Waals surface area (Å²) >= 11 is 0. The Labute approximate surface area is 104 Å². The second kappa shape index (κ2) is 9.27. The van der Waals surface area contributed by atoms with Crippen LogP contribution in [0.25, 0.3) is 0 Å². The molecule has 5 nitrogen and oxygen atoms in total. The molecule has 0 aromatic rings. The van der Waals surface area contributed by atoms with Crippen LogP contribution in [0.1, 0.15) is 13.8 Å². The van der Waals surface area contributed by atoms with Crippen molar-refractivity contribution in [2.75, 3.05) is 40.0 Å². The Morgan fingerprint density at radius 1 is 1.29 bits per heavy atom. The number of aliphatic imine (C=N–C) groups is 1. The molecule has 0 heterocycles. The van der Waals surface area contributed by atoms with Crippen LogP contribution in [-0.4, -0.2) is 59.6 Å². The average molecular weight is 258 g/mol. The minimum Gasteiger partial charge on any atom is -0.394 e. The molecule has 0 spiro atoms. The minimum absolute atomic E-state index is 0.323. The number of rotatable bonds is 9. The highest BCUT2D eigenvalue weighted by atomic mass is 28.4. The van der Waals surface area contributed by atoms with Crippen molar-refractivity contribution in [2.45, 2.75) is 13.8 Å². The highest BCUT2D eigenvalue weighted by Crippen LogP contribution is 2.09. The van der Waals surface area contributed by atoms with Crippen LogP contribution in [0.15, 0.2) is 16.8 Å². The van der Waals surface area contributed by atoms with Gasteiger partial charge in [-0.1, -0.05) is 19.9 Å². The van der Waals surface area contributed by atoms with E-state index in [9.17, 15) is 4.79 Å². The summed E-state index contributed by atoms with van der Waals surface area (Å²) in [6.07, 6.45) is 4.07. The van der Waals surface area contributed by atoms with E-state index >= 15 is 0 Å². The van der Waals surface area contributed by atoms with Crippen LogP contribution in [0.4, 0.5) is 0 Å². The first-order valence-electron chi connectivity index (χ1n) is 5.72. The second-order valence-corrected chi connectivity index (χ2v) is 6.61. The monoisotopic (exact) mass is 258 g/mol. The van der Waals surface area contributed by atoms with Crippen molar-refractivity contribution in [3.63, 3.8) is 0 Å². The zero-order valence-electron chi connectivity index (χ0n) is 11.1. The molecular weight excluding hydrogens is 236 g/mol. The van der Waals surface area contributed by atoms with Crippen LogP contribution in [0.5, 0.6) is 0 Å². The Morgan fingerprint density at radius 2 is 1.88 bits per heavy atom. The fourth-order valence-electron chi connectivity index (χ4n) is 1.48. The van der Waals surface area contributed by atoms with E-state index in [1.165, 1.54) is 6.08 Å². The summed E-state index contributed by atoms with van der Waals surface area (Å²) in [5, 5.41) is 0. The van der Waals surface area contributed by atoms with E-state index < -0.39 is 8.56 Å². The van der Waals surface area contributed by atoms with E-state index in [0.717, 1.165) is 19.3 Å². The van der Waals surface area contributed by atoms with E-state index in [1.807, 2.05) is 5.70 Å². The normalized spacial score (nSPS) is 12.1. The van der Waals surface area contributed by atoms with Gasteiger partial charge in [-0.25, -0.2) is 9.79 Å². The Bertz CT molecular complexity index is 270. The molecule has 6 heteroatoms. The van der Waals surface area contributed by atoms with Crippen molar-refractivity contribution < 1.29 is 13.6 Å². The third kappa shape index (κ3) is 5.91. The molecule has 0 aromatic heterocycles. The zero-order valence-corrected chi connectivity index (χ0v) is 12.1. The Hall–Kier alpha value is -0.783. The maximum atomic E-state index is 9.95. The van der Waals surface area contributed by atoms with Crippen LogP contribution < -0.4 is 0 Å². The first-order valence-corrected chi connectivity index (χ1v) is 7.82. The van der Waals surface area contributed by atoms with Gasteiger partial charge >= 0.3 is 8.56 Å². The van der Waals surface area contributed by atoms with Crippen LogP contribution in [0.2, 0.25) is 0 Å². The van der Waals surface area contributed by atoms with Crippen LogP contribution >= 0.6 is 0 Å². The second-order valence-electron chi connectivity index (χ2n) is 3.52. The lowest BCUT2D eigenvalue weighted by atomic mass is 10.6. The molecule has 0 bridgehead atoms.